The molecule has 3 rings (SSSR count). The smallest absolute Gasteiger partial charge is 0.406 e. The molecule has 0 spiro atoms. The van der Waals surface area contributed by atoms with E-state index in [2.05, 4.69) is 14.8 Å². The third kappa shape index (κ3) is 4.73. The first-order valence-corrected chi connectivity index (χ1v) is 9.82. The molecule has 1 aliphatic rings. The monoisotopic (exact) mass is 420 g/mol. The highest BCUT2D eigenvalue weighted by atomic mass is 35.5. The van der Waals surface area contributed by atoms with Crippen LogP contribution in [0.1, 0.15) is 12.0 Å². The van der Waals surface area contributed by atoms with Crippen LogP contribution < -0.4 is 14.8 Å². The summed E-state index contributed by atoms with van der Waals surface area (Å²) in [6.07, 6.45) is -4.32. The van der Waals surface area contributed by atoms with E-state index in [1.807, 2.05) is 0 Å². The van der Waals surface area contributed by atoms with Crippen LogP contribution in [-0.4, -0.2) is 27.9 Å². The van der Waals surface area contributed by atoms with E-state index in [0.717, 1.165) is 29.8 Å². The summed E-state index contributed by atoms with van der Waals surface area (Å²) in [5, 5.41) is 3.66. The number of benzene rings is 2. The van der Waals surface area contributed by atoms with Gasteiger partial charge in [0.2, 0.25) is 10.0 Å². The number of hydrogen-bond acceptors (Lipinski definition) is 4. The first kappa shape index (κ1) is 19.9. The quantitative estimate of drug-likeness (QED) is 0.778. The van der Waals surface area contributed by atoms with Gasteiger partial charge >= 0.3 is 6.36 Å². The SMILES string of the molecule is O=S(=O)(N[C@@]1(c2ccc(Cl)cc2)CCNC1)c1ccc(OC(F)(F)F)cc1. The maximum atomic E-state index is 12.8. The Morgan fingerprint density at radius 1 is 1.07 bits per heavy atom. The van der Waals surface area contributed by atoms with E-state index in [-0.39, 0.29) is 4.90 Å². The number of hydrogen-bond donors (Lipinski definition) is 2. The van der Waals surface area contributed by atoms with E-state index in [9.17, 15) is 21.6 Å². The van der Waals surface area contributed by atoms with Crippen LogP contribution in [0.25, 0.3) is 0 Å². The second-order valence-corrected chi connectivity index (χ2v) is 8.26. The van der Waals surface area contributed by atoms with Gasteiger partial charge < -0.3 is 10.1 Å². The fraction of sp³-hybridized carbons (Fsp3) is 0.294. The lowest BCUT2D eigenvalue weighted by molar-refractivity contribution is -0.274. The molecule has 0 aromatic heterocycles. The van der Waals surface area contributed by atoms with Crippen molar-refractivity contribution in [1.29, 1.82) is 0 Å². The van der Waals surface area contributed by atoms with E-state index in [4.69, 9.17) is 11.6 Å². The minimum atomic E-state index is -4.84. The van der Waals surface area contributed by atoms with Gasteiger partial charge in [-0.15, -0.1) is 13.2 Å². The molecule has 0 bridgehead atoms. The molecule has 1 fully saturated rings. The summed E-state index contributed by atoms with van der Waals surface area (Å²) in [7, 11) is -3.98. The fourth-order valence-corrected chi connectivity index (χ4v) is 4.53. The summed E-state index contributed by atoms with van der Waals surface area (Å²) >= 11 is 5.91. The molecule has 0 unspecified atom stereocenters. The third-order valence-corrected chi connectivity index (χ3v) is 6.05. The summed E-state index contributed by atoms with van der Waals surface area (Å²) in [5.41, 5.74) is -0.123. The van der Waals surface area contributed by atoms with Gasteiger partial charge in [-0.2, -0.15) is 4.72 Å². The van der Waals surface area contributed by atoms with Crippen LogP contribution in [0.15, 0.2) is 53.4 Å². The van der Waals surface area contributed by atoms with Crippen molar-refractivity contribution < 1.29 is 26.3 Å². The van der Waals surface area contributed by atoms with Crippen molar-refractivity contribution in [2.24, 2.45) is 0 Å². The highest BCUT2D eigenvalue weighted by molar-refractivity contribution is 7.89. The van der Waals surface area contributed by atoms with E-state index < -0.39 is 27.7 Å². The minimum Gasteiger partial charge on any atom is -0.406 e. The van der Waals surface area contributed by atoms with Gasteiger partial charge in [-0.3, -0.25) is 0 Å². The lowest BCUT2D eigenvalue weighted by Crippen LogP contribution is -2.47. The first-order chi connectivity index (χ1) is 12.6. The summed E-state index contributed by atoms with van der Waals surface area (Å²) in [4.78, 5) is -0.155. The van der Waals surface area contributed by atoms with Crippen LogP contribution in [-0.2, 0) is 15.6 Å². The normalized spacial score (nSPS) is 20.6. The molecular weight excluding hydrogens is 405 g/mol. The van der Waals surface area contributed by atoms with E-state index in [1.165, 1.54) is 0 Å². The van der Waals surface area contributed by atoms with Gasteiger partial charge in [0, 0.05) is 11.6 Å². The molecule has 1 saturated heterocycles. The zero-order valence-electron chi connectivity index (χ0n) is 13.9. The van der Waals surface area contributed by atoms with Gasteiger partial charge in [-0.05, 0) is 54.9 Å². The molecule has 1 heterocycles. The molecule has 2 aromatic carbocycles. The van der Waals surface area contributed by atoms with Crippen LogP contribution in [0.4, 0.5) is 13.2 Å². The molecule has 0 amide bonds. The number of ether oxygens (including phenoxy) is 1. The fourth-order valence-electron chi connectivity index (χ4n) is 2.99. The van der Waals surface area contributed by atoms with Crippen molar-refractivity contribution in [2.75, 3.05) is 13.1 Å². The molecule has 146 valence electrons. The Hall–Kier alpha value is -1.81. The standard InChI is InChI=1S/C17H16ClF3N2O3S/c18-13-3-1-12(2-4-13)16(9-10-22-11-16)23-27(24,25)15-7-5-14(6-8-15)26-17(19,20)21/h1-8,22-23H,9-11H2/t16-/m0/s1. The predicted octanol–water partition coefficient (Wildman–Crippen LogP) is 3.41. The largest absolute Gasteiger partial charge is 0.573 e. The average molecular weight is 421 g/mol. The van der Waals surface area contributed by atoms with E-state index in [1.54, 1.807) is 24.3 Å². The lowest BCUT2D eigenvalue weighted by Gasteiger charge is -2.30. The van der Waals surface area contributed by atoms with Crippen LogP contribution >= 0.6 is 11.6 Å². The highest BCUT2D eigenvalue weighted by Gasteiger charge is 2.39. The van der Waals surface area contributed by atoms with Gasteiger partial charge in [-0.25, -0.2) is 8.42 Å². The van der Waals surface area contributed by atoms with Gasteiger partial charge in [-0.1, -0.05) is 23.7 Å². The lowest BCUT2D eigenvalue weighted by atomic mass is 9.90. The second-order valence-electron chi connectivity index (χ2n) is 6.14. The van der Waals surface area contributed by atoms with Gasteiger partial charge in [0.15, 0.2) is 0 Å². The van der Waals surface area contributed by atoms with Crippen molar-refractivity contribution in [3.63, 3.8) is 0 Å². The van der Waals surface area contributed by atoms with Crippen LogP contribution in [0.5, 0.6) is 5.75 Å². The Morgan fingerprint density at radius 3 is 2.22 bits per heavy atom. The van der Waals surface area contributed by atoms with Crippen molar-refractivity contribution in [3.05, 3.63) is 59.1 Å². The van der Waals surface area contributed by atoms with Gasteiger partial charge in [0.25, 0.3) is 0 Å². The predicted molar refractivity (Wildman–Crippen MR) is 94.1 cm³/mol. The Kier molecular flexibility index (Phi) is 5.40. The highest BCUT2D eigenvalue weighted by Crippen LogP contribution is 2.31. The summed E-state index contributed by atoms with van der Waals surface area (Å²) in [6.45, 7) is 0.993. The molecular formula is C17H16ClF3N2O3S. The van der Waals surface area contributed by atoms with E-state index in [0.29, 0.717) is 24.5 Å². The van der Waals surface area contributed by atoms with Crippen molar-refractivity contribution in [3.8, 4) is 5.75 Å². The van der Waals surface area contributed by atoms with E-state index >= 15 is 0 Å². The van der Waals surface area contributed by atoms with Gasteiger partial charge in [0.05, 0.1) is 10.4 Å². The Balaban J connectivity index is 1.86. The van der Waals surface area contributed by atoms with Crippen molar-refractivity contribution >= 4 is 21.6 Å². The molecule has 0 saturated carbocycles. The molecule has 2 N–H and O–H groups in total. The second kappa shape index (κ2) is 7.31. The number of rotatable bonds is 5. The Morgan fingerprint density at radius 2 is 1.70 bits per heavy atom. The summed E-state index contributed by atoms with van der Waals surface area (Å²) in [5.74, 6) is -0.489. The number of alkyl halides is 3. The van der Waals surface area contributed by atoms with Crippen LogP contribution in [0.2, 0.25) is 5.02 Å². The van der Waals surface area contributed by atoms with Crippen LogP contribution in [0.3, 0.4) is 0 Å². The zero-order chi connectivity index (χ0) is 19.7. The van der Waals surface area contributed by atoms with Gasteiger partial charge in [0.1, 0.15) is 5.75 Å². The number of sulfonamides is 1. The van der Waals surface area contributed by atoms with Crippen molar-refractivity contribution in [2.45, 2.75) is 23.2 Å². The average Bonchev–Trinajstić information content (AvgIpc) is 3.03. The molecule has 0 radical (unpaired) electrons. The molecule has 1 aliphatic heterocycles. The summed E-state index contributed by atoms with van der Waals surface area (Å²) < 4.78 is 68.8. The maximum Gasteiger partial charge on any atom is 0.573 e. The van der Waals surface area contributed by atoms with Crippen molar-refractivity contribution in [1.82, 2.24) is 10.0 Å². The Bertz CT molecular complexity index is 895. The molecule has 10 heteroatoms. The first-order valence-electron chi connectivity index (χ1n) is 7.96. The maximum absolute atomic E-state index is 12.8. The topological polar surface area (TPSA) is 67.4 Å². The zero-order valence-corrected chi connectivity index (χ0v) is 15.5. The molecule has 1 atom stereocenters. The minimum absolute atomic E-state index is 0.155. The summed E-state index contributed by atoms with van der Waals surface area (Å²) in [6, 6.07) is 10.9. The molecule has 5 nitrogen and oxygen atoms in total. The Labute approximate surface area is 159 Å². The number of halogens is 4. The third-order valence-electron chi connectivity index (χ3n) is 4.25. The molecule has 27 heavy (non-hydrogen) atoms. The molecule has 2 aromatic rings. The number of nitrogens with one attached hydrogen (secondary N) is 2. The van der Waals surface area contributed by atoms with Crippen LogP contribution in [0, 0.1) is 0 Å². The molecule has 0 aliphatic carbocycles.